The van der Waals surface area contributed by atoms with Crippen LogP contribution in [0.5, 0.6) is 0 Å². The Morgan fingerprint density at radius 1 is 1.31 bits per heavy atom. The van der Waals surface area contributed by atoms with Crippen molar-refractivity contribution < 1.29 is 4.74 Å². The van der Waals surface area contributed by atoms with E-state index in [1.165, 1.54) is 34.2 Å². The second kappa shape index (κ2) is 6.32. The third kappa shape index (κ3) is 2.96. The predicted octanol–water partition coefficient (Wildman–Crippen LogP) is 4.30. The van der Waals surface area contributed by atoms with Crippen molar-refractivity contribution in [3.05, 3.63) is 27.2 Å². The maximum Gasteiger partial charge on any atom is 0.269 e. The minimum Gasteiger partial charge on any atom is -0.370 e. The van der Waals surface area contributed by atoms with E-state index in [1.54, 1.807) is 0 Å². The molecule has 138 valence electrons. The maximum atomic E-state index is 12.5. The molecule has 0 saturated carbocycles. The van der Waals surface area contributed by atoms with Crippen molar-refractivity contribution in [2.45, 2.75) is 57.9 Å². The minimum atomic E-state index is -0.228. The van der Waals surface area contributed by atoms with Gasteiger partial charge in [-0.15, -0.1) is 11.3 Å². The summed E-state index contributed by atoms with van der Waals surface area (Å²) in [6, 6.07) is 0. The first-order valence-corrected chi connectivity index (χ1v) is 10.9. The molecule has 0 bridgehead atoms. The Morgan fingerprint density at radius 3 is 2.77 bits per heavy atom. The molecule has 4 rings (SSSR count). The first-order valence-electron chi connectivity index (χ1n) is 8.84. The molecule has 3 aromatic heterocycles. The molecule has 1 N–H and O–H groups in total. The smallest absolute Gasteiger partial charge is 0.269 e. The number of fused-ring (bicyclic) bond motifs is 5. The van der Waals surface area contributed by atoms with Gasteiger partial charge in [-0.1, -0.05) is 25.6 Å². The zero-order valence-corrected chi connectivity index (χ0v) is 17.4. The van der Waals surface area contributed by atoms with Crippen LogP contribution in [0.2, 0.25) is 0 Å². The number of H-pyrrole nitrogens is 1. The van der Waals surface area contributed by atoms with Crippen LogP contribution in [0.15, 0.2) is 9.95 Å². The lowest BCUT2D eigenvalue weighted by Crippen LogP contribution is -2.33. The topological polar surface area (TPSA) is 67.9 Å². The van der Waals surface area contributed by atoms with Crippen molar-refractivity contribution in [3.63, 3.8) is 0 Å². The molecule has 0 atom stereocenters. The highest BCUT2D eigenvalue weighted by molar-refractivity contribution is 7.98. The van der Waals surface area contributed by atoms with E-state index >= 15 is 0 Å². The molecule has 0 radical (unpaired) electrons. The fraction of sp³-hybridized carbons (Fsp3) is 0.526. The number of hydrogen-bond acceptors (Lipinski definition) is 6. The molecular formula is C19H23N3O2S2. The highest BCUT2D eigenvalue weighted by Crippen LogP contribution is 2.40. The predicted molar refractivity (Wildman–Crippen MR) is 108 cm³/mol. The van der Waals surface area contributed by atoms with Crippen molar-refractivity contribution in [2.24, 2.45) is 5.92 Å². The molecular weight excluding hydrogens is 366 g/mol. The number of thiophene rings is 1. The highest BCUT2D eigenvalue weighted by atomic mass is 32.2. The molecule has 26 heavy (non-hydrogen) atoms. The number of aromatic amines is 1. The van der Waals surface area contributed by atoms with Crippen molar-refractivity contribution in [2.75, 3.05) is 6.26 Å². The summed E-state index contributed by atoms with van der Waals surface area (Å²) in [5, 5.41) is 1.69. The fourth-order valence-corrected chi connectivity index (χ4v) is 5.02. The lowest BCUT2D eigenvalue weighted by molar-refractivity contribution is -0.0402. The number of pyridine rings is 1. The molecule has 7 heteroatoms. The lowest BCUT2D eigenvalue weighted by Gasteiger charge is -2.33. The zero-order chi connectivity index (χ0) is 18.6. The van der Waals surface area contributed by atoms with Crippen LogP contribution in [-0.4, -0.2) is 26.8 Å². The number of rotatable bonds is 3. The summed E-state index contributed by atoms with van der Waals surface area (Å²) in [6.07, 6.45) is 3.64. The van der Waals surface area contributed by atoms with Crippen LogP contribution in [0.25, 0.3) is 20.4 Å². The van der Waals surface area contributed by atoms with E-state index in [9.17, 15) is 4.79 Å². The van der Waals surface area contributed by atoms with Crippen molar-refractivity contribution in [1.82, 2.24) is 15.0 Å². The monoisotopic (exact) mass is 389 g/mol. The standard InChI is InChI=1S/C19H23N3O2S2/c1-9(2)6-12-11-8-24-19(3,4)7-10(11)13-14-15(26-17(13)20-12)16(23)22-18(21-14)25-5/h9H,6-8H2,1-5H3,(H,21,22,23). The number of nitrogens with zero attached hydrogens (tertiary/aromatic N) is 2. The van der Waals surface area contributed by atoms with Gasteiger partial charge in [-0.2, -0.15) is 0 Å². The average molecular weight is 390 g/mol. The molecule has 4 heterocycles. The molecule has 1 aliphatic heterocycles. The molecule has 5 nitrogen and oxygen atoms in total. The molecule has 0 amide bonds. The van der Waals surface area contributed by atoms with Gasteiger partial charge < -0.3 is 9.72 Å². The first kappa shape index (κ1) is 17.9. The van der Waals surface area contributed by atoms with Crippen LogP contribution in [-0.2, 0) is 24.2 Å². The number of nitrogens with one attached hydrogen (secondary N) is 1. The summed E-state index contributed by atoms with van der Waals surface area (Å²) in [4.78, 5) is 26.0. The third-order valence-electron chi connectivity index (χ3n) is 4.76. The molecule has 0 aliphatic carbocycles. The van der Waals surface area contributed by atoms with Gasteiger partial charge in [-0.25, -0.2) is 9.97 Å². The van der Waals surface area contributed by atoms with Gasteiger partial charge in [-0.3, -0.25) is 4.79 Å². The van der Waals surface area contributed by atoms with Crippen molar-refractivity contribution in [3.8, 4) is 0 Å². The van der Waals surface area contributed by atoms with Crippen LogP contribution in [0.1, 0.15) is 44.5 Å². The van der Waals surface area contributed by atoms with E-state index in [4.69, 9.17) is 14.7 Å². The Morgan fingerprint density at radius 2 is 2.08 bits per heavy atom. The van der Waals surface area contributed by atoms with Crippen LogP contribution in [0.3, 0.4) is 0 Å². The largest absolute Gasteiger partial charge is 0.370 e. The van der Waals surface area contributed by atoms with Gasteiger partial charge in [0.2, 0.25) is 0 Å². The van der Waals surface area contributed by atoms with Gasteiger partial charge in [0.1, 0.15) is 9.53 Å². The molecule has 0 aromatic carbocycles. The van der Waals surface area contributed by atoms with E-state index in [2.05, 4.69) is 32.7 Å². The molecule has 0 spiro atoms. The molecule has 1 aliphatic rings. The number of hydrogen-bond donors (Lipinski definition) is 1. The van der Waals surface area contributed by atoms with Gasteiger partial charge in [0, 0.05) is 23.1 Å². The second-order valence-corrected chi connectivity index (χ2v) is 9.67. The summed E-state index contributed by atoms with van der Waals surface area (Å²) < 4.78 is 6.76. The number of thioether (sulfide) groups is 1. The van der Waals surface area contributed by atoms with E-state index in [0.717, 1.165) is 34.3 Å². The Labute approximate surface area is 160 Å². The summed E-state index contributed by atoms with van der Waals surface area (Å²) >= 11 is 2.91. The average Bonchev–Trinajstić information content (AvgIpc) is 2.92. The van der Waals surface area contributed by atoms with Gasteiger partial charge >= 0.3 is 0 Å². The van der Waals surface area contributed by atoms with E-state index < -0.39 is 0 Å². The van der Waals surface area contributed by atoms with Gasteiger partial charge in [0.15, 0.2) is 5.16 Å². The van der Waals surface area contributed by atoms with Gasteiger partial charge in [0.25, 0.3) is 5.56 Å². The molecule has 0 unspecified atom stereocenters. The van der Waals surface area contributed by atoms with Crippen LogP contribution in [0, 0.1) is 5.92 Å². The third-order valence-corrected chi connectivity index (χ3v) is 6.41. The maximum absolute atomic E-state index is 12.5. The number of aromatic nitrogens is 3. The van der Waals surface area contributed by atoms with Crippen LogP contribution < -0.4 is 5.56 Å². The van der Waals surface area contributed by atoms with Crippen LogP contribution in [0.4, 0.5) is 0 Å². The van der Waals surface area contributed by atoms with E-state index in [0.29, 0.717) is 22.4 Å². The lowest BCUT2D eigenvalue weighted by atomic mass is 9.88. The van der Waals surface area contributed by atoms with Gasteiger partial charge in [0.05, 0.1) is 17.7 Å². The normalized spacial score (nSPS) is 16.5. The Kier molecular flexibility index (Phi) is 4.36. The van der Waals surface area contributed by atoms with E-state index in [1.807, 2.05) is 6.26 Å². The quantitative estimate of drug-likeness (QED) is 0.534. The van der Waals surface area contributed by atoms with Gasteiger partial charge in [-0.05, 0) is 38.0 Å². The Hall–Kier alpha value is -1.44. The first-order chi connectivity index (χ1) is 12.3. The van der Waals surface area contributed by atoms with Crippen LogP contribution >= 0.6 is 23.1 Å². The summed E-state index contributed by atoms with van der Waals surface area (Å²) in [6.45, 7) is 9.21. The molecule has 0 fully saturated rings. The van der Waals surface area contributed by atoms with Crippen molar-refractivity contribution >= 4 is 43.5 Å². The Bertz CT molecular complexity index is 1070. The van der Waals surface area contributed by atoms with E-state index in [-0.39, 0.29) is 11.2 Å². The van der Waals surface area contributed by atoms with Crippen molar-refractivity contribution in [1.29, 1.82) is 0 Å². The SMILES string of the molecule is CSc1nc2c(sc3nc(CC(C)C)c4c(c32)CC(C)(C)OC4)c(=O)[nH]1. The molecule has 3 aromatic rings. The zero-order valence-electron chi connectivity index (χ0n) is 15.7. The summed E-state index contributed by atoms with van der Waals surface area (Å²) in [5.74, 6) is 0.512. The summed E-state index contributed by atoms with van der Waals surface area (Å²) in [5.41, 5.74) is 4.04. The fourth-order valence-electron chi connectivity index (χ4n) is 3.58. The highest BCUT2D eigenvalue weighted by Gasteiger charge is 2.31. The summed E-state index contributed by atoms with van der Waals surface area (Å²) in [7, 11) is 0. The minimum absolute atomic E-state index is 0.0761. The molecule has 0 saturated heterocycles. The second-order valence-electron chi connectivity index (χ2n) is 7.87. The number of ether oxygens (including phenoxy) is 1. The Balaban J connectivity index is 2.10.